The molecule has 180 valence electrons. The Labute approximate surface area is 209 Å². The number of nitrogens with zero attached hydrogens (tertiary/aromatic N) is 3. The van der Waals surface area contributed by atoms with Crippen molar-refractivity contribution < 1.29 is 14.6 Å². The molecule has 2 aliphatic carbocycles. The summed E-state index contributed by atoms with van der Waals surface area (Å²) in [5.41, 5.74) is 0.776. The summed E-state index contributed by atoms with van der Waals surface area (Å²) in [6, 6.07) is 6.32. The number of methoxy groups -OCH3 is 2. The highest BCUT2D eigenvalue weighted by atomic mass is 127. The third-order valence-electron chi connectivity index (χ3n) is 7.32. The molecule has 4 rings (SSSR count). The Morgan fingerprint density at radius 2 is 1.88 bits per heavy atom. The molecule has 0 amide bonds. The predicted molar refractivity (Wildman–Crippen MR) is 138 cm³/mol. The highest BCUT2D eigenvalue weighted by Gasteiger charge is 2.42. The Bertz CT molecular complexity index is 770. The monoisotopic (exact) mass is 558 g/mol. The van der Waals surface area contributed by atoms with Crippen molar-refractivity contribution in [2.24, 2.45) is 16.8 Å². The van der Waals surface area contributed by atoms with E-state index in [-0.39, 0.29) is 24.0 Å². The van der Waals surface area contributed by atoms with Gasteiger partial charge in [0.15, 0.2) is 17.5 Å². The van der Waals surface area contributed by atoms with Crippen molar-refractivity contribution in [2.75, 3.05) is 53.5 Å². The Morgan fingerprint density at radius 1 is 1.12 bits per heavy atom. The Balaban J connectivity index is 0.00000289. The fourth-order valence-corrected chi connectivity index (χ4v) is 5.69. The van der Waals surface area contributed by atoms with E-state index in [1.54, 1.807) is 14.2 Å². The van der Waals surface area contributed by atoms with Crippen LogP contribution in [0.1, 0.15) is 44.3 Å². The maximum atomic E-state index is 10.7. The lowest BCUT2D eigenvalue weighted by atomic mass is 9.93. The number of nitrogens with one attached hydrogen (secondary N) is 1. The number of piperazine rings is 1. The van der Waals surface area contributed by atoms with E-state index < -0.39 is 6.10 Å². The van der Waals surface area contributed by atoms with Gasteiger partial charge in [-0.15, -0.1) is 24.0 Å². The van der Waals surface area contributed by atoms with Crippen LogP contribution in [0, 0.1) is 11.8 Å². The molecule has 1 aromatic rings. The topological polar surface area (TPSA) is 69.6 Å². The standard InChI is InChI=1S/C24H38N4O3.HI/c1-4-25-24(26-16-21(29)19-7-8-22(30-2)23(15-19)31-3)28-11-9-27(10-12-28)20-14-17-5-6-18(20)13-17;/h7-8,15,17-18,20-21,29H,4-6,9-14,16H2,1-3H3,(H,25,26);1H. The van der Waals surface area contributed by atoms with Crippen LogP contribution < -0.4 is 14.8 Å². The van der Waals surface area contributed by atoms with Crippen molar-refractivity contribution in [3.05, 3.63) is 23.8 Å². The zero-order valence-corrected chi connectivity index (χ0v) is 22.0. The highest BCUT2D eigenvalue weighted by molar-refractivity contribution is 14.0. The van der Waals surface area contributed by atoms with Gasteiger partial charge < -0.3 is 24.8 Å². The molecule has 2 saturated carbocycles. The van der Waals surface area contributed by atoms with Crippen LogP contribution in [-0.2, 0) is 0 Å². The molecule has 4 atom stereocenters. The van der Waals surface area contributed by atoms with Gasteiger partial charge in [-0.05, 0) is 55.7 Å². The molecule has 1 heterocycles. The number of aliphatic hydroxyl groups is 1. The van der Waals surface area contributed by atoms with E-state index in [4.69, 9.17) is 14.5 Å². The van der Waals surface area contributed by atoms with Gasteiger partial charge in [0.25, 0.3) is 0 Å². The number of rotatable bonds is 7. The second kappa shape index (κ2) is 11.7. The van der Waals surface area contributed by atoms with Crippen LogP contribution in [0.5, 0.6) is 11.5 Å². The van der Waals surface area contributed by atoms with Gasteiger partial charge in [0.2, 0.25) is 0 Å². The summed E-state index contributed by atoms with van der Waals surface area (Å²) >= 11 is 0. The molecule has 1 aliphatic heterocycles. The first kappa shape index (κ1) is 25.4. The van der Waals surface area contributed by atoms with Crippen LogP contribution >= 0.6 is 24.0 Å². The highest BCUT2D eigenvalue weighted by Crippen LogP contribution is 2.46. The first-order valence-corrected chi connectivity index (χ1v) is 11.8. The van der Waals surface area contributed by atoms with Gasteiger partial charge in [-0.25, -0.2) is 0 Å². The number of ether oxygens (including phenoxy) is 2. The summed E-state index contributed by atoms with van der Waals surface area (Å²) in [4.78, 5) is 9.83. The van der Waals surface area contributed by atoms with Crippen LogP contribution in [0.15, 0.2) is 23.2 Å². The molecule has 4 unspecified atom stereocenters. The molecular weight excluding hydrogens is 519 g/mol. The van der Waals surface area contributed by atoms with Crippen molar-refractivity contribution in [1.29, 1.82) is 0 Å². The molecule has 0 aromatic heterocycles. The molecule has 0 radical (unpaired) electrons. The van der Waals surface area contributed by atoms with E-state index in [2.05, 4.69) is 22.0 Å². The number of halogens is 1. The fraction of sp³-hybridized carbons (Fsp3) is 0.708. The average Bonchev–Trinajstić information content (AvgIpc) is 3.45. The minimum atomic E-state index is -0.691. The largest absolute Gasteiger partial charge is 0.493 e. The SMILES string of the molecule is CCNC(=NCC(O)c1ccc(OC)c(OC)c1)N1CCN(C2CC3CCC2C3)CC1.I. The molecule has 0 spiro atoms. The lowest BCUT2D eigenvalue weighted by Gasteiger charge is -2.42. The maximum absolute atomic E-state index is 10.7. The summed E-state index contributed by atoms with van der Waals surface area (Å²) < 4.78 is 10.6. The molecule has 1 aromatic carbocycles. The number of benzene rings is 1. The van der Waals surface area contributed by atoms with E-state index in [1.807, 2.05) is 18.2 Å². The van der Waals surface area contributed by atoms with Crippen molar-refractivity contribution in [1.82, 2.24) is 15.1 Å². The molecule has 1 saturated heterocycles. The van der Waals surface area contributed by atoms with Gasteiger partial charge in [0.05, 0.1) is 26.9 Å². The van der Waals surface area contributed by atoms with E-state index >= 15 is 0 Å². The number of hydrogen-bond acceptors (Lipinski definition) is 5. The maximum Gasteiger partial charge on any atom is 0.194 e. The minimum absolute atomic E-state index is 0. The third kappa shape index (κ3) is 5.62. The van der Waals surface area contributed by atoms with E-state index in [9.17, 15) is 5.11 Å². The van der Waals surface area contributed by atoms with E-state index in [0.29, 0.717) is 18.0 Å². The van der Waals surface area contributed by atoms with Crippen LogP contribution in [0.2, 0.25) is 0 Å². The first-order valence-electron chi connectivity index (χ1n) is 11.8. The number of aliphatic imine (C=N–C) groups is 1. The lowest BCUT2D eigenvalue weighted by Crippen LogP contribution is -2.55. The molecule has 2 bridgehead atoms. The Kier molecular flexibility index (Phi) is 9.31. The summed E-state index contributed by atoms with van der Waals surface area (Å²) in [5.74, 6) is 4.10. The fourth-order valence-electron chi connectivity index (χ4n) is 5.69. The summed E-state index contributed by atoms with van der Waals surface area (Å²) in [7, 11) is 3.21. The number of guanidine groups is 1. The van der Waals surface area contributed by atoms with E-state index in [0.717, 1.165) is 62.1 Å². The zero-order chi connectivity index (χ0) is 21.8. The van der Waals surface area contributed by atoms with Gasteiger partial charge in [0.1, 0.15) is 0 Å². The van der Waals surface area contributed by atoms with Crippen molar-refractivity contribution in [3.63, 3.8) is 0 Å². The number of aliphatic hydroxyl groups excluding tert-OH is 1. The van der Waals surface area contributed by atoms with Gasteiger partial charge >= 0.3 is 0 Å². The lowest BCUT2D eigenvalue weighted by molar-refractivity contribution is 0.0956. The Morgan fingerprint density at radius 3 is 2.47 bits per heavy atom. The molecular formula is C24H39IN4O3. The second-order valence-corrected chi connectivity index (χ2v) is 9.09. The predicted octanol–water partition coefficient (Wildman–Crippen LogP) is 3.13. The van der Waals surface area contributed by atoms with Gasteiger partial charge in [0, 0.05) is 38.8 Å². The zero-order valence-electron chi connectivity index (χ0n) is 19.6. The smallest absolute Gasteiger partial charge is 0.194 e. The van der Waals surface area contributed by atoms with Gasteiger partial charge in [-0.3, -0.25) is 9.89 Å². The first-order chi connectivity index (χ1) is 15.1. The second-order valence-electron chi connectivity index (χ2n) is 9.09. The molecule has 3 aliphatic rings. The molecule has 3 fully saturated rings. The van der Waals surface area contributed by atoms with Crippen LogP contribution in [0.4, 0.5) is 0 Å². The van der Waals surface area contributed by atoms with Crippen LogP contribution in [0.3, 0.4) is 0 Å². The normalized spacial score (nSPS) is 26.6. The summed E-state index contributed by atoms with van der Waals surface area (Å²) in [6.45, 7) is 7.42. The number of hydrogen-bond donors (Lipinski definition) is 2. The van der Waals surface area contributed by atoms with Crippen molar-refractivity contribution in [2.45, 2.75) is 44.8 Å². The average molecular weight is 559 g/mol. The van der Waals surface area contributed by atoms with Crippen LogP contribution in [-0.4, -0.2) is 80.4 Å². The number of fused-ring (bicyclic) bond motifs is 2. The van der Waals surface area contributed by atoms with Gasteiger partial charge in [-0.2, -0.15) is 0 Å². The Hall–Kier alpha value is -1.26. The molecule has 32 heavy (non-hydrogen) atoms. The van der Waals surface area contributed by atoms with E-state index in [1.165, 1.54) is 25.7 Å². The minimum Gasteiger partial charge on any atom is -0.493 e. The van der Waals surface area contributed by atoms with Crippen molar-refractivity contribution in [3.8, 4) is 11.5 Å². The van der Waals surface area contributed by atoms with Crippen molar-refractivity contribution >= 4 is 29.9 Å². The third-order valence-corrected chi connectivity index (χ3v) is 7.32. The molecule has 2 N–H and O–H groups in total. The summed E-state index contributed by atoms with van der Waals surface area (Å²) in [6.07, 6.45) is 5.08. The molecule has 7 nitrogen and oxygen atoms in total. The van der Waals surface area contributed by atoms with Gasteiger partial charge in [-0.1, -0.05) is 12.5 Å². The summed E-state index contributed by atoms with van der Waals surface area (Å²) in [5, 5.41) is 14.1. The van der Waals surface area contributed by atoms with Crippen LogP contribution in [0.25, 0.3) is 0 Å². The molecule has 8 heteroatoms. The quantitative estimate of drug-likeness (QED) is 0.305.